The number of phenols is 1. The van der Waals surface area contributed by atoms with Crippen molar-refractivity contribution in [2.45, 2.75) is 6.42 Å². The molecule has 1 N–H and O–H groups in total. The molecule has 3 heteroatoms. The Kier molecular flexibility index (Phi) is 3.11. The Labute approximate surface area is 111 Å². The van der Waals surface area contributed by atoms with E-state index in [9.17, 15) is 5.11 Å². The van der Waals surface area contributed by atoms with E-state index in [-0.39, 0.29) is 12.5 Å². The van der Waals surface area contributed by atoms with E-state index in [0.29, 0.717) is 11.5 Å². The van der Waals surface area contributed by atoms with Crippen molar-refractivity contribution < 1.29 is 14.6 Å². The van der Waals surface area contributed by atoms with Gasteiger partial charge in [-0.3, -0.25) is 0 Å². The van der Waals surface area contributed by atoms with E-state index in [1.807, 2.05) is 30.4 Å². The van der Waals surface area contributed by atoms with Crippen LogP contribution in [0.4, 0.5) is 0 Å². The molecule has 2 aromatic carbocycles. The van der Waals surface area contributed by atoms with Gasteiger partial charge in [-0.25, -0.2) is 0 Å². The Hall–Kier alpha value is -2.42. The molecule has 0 atom stereocenters. The van der Waals surface area contributed by atoms with Crippen LogP contribution in [-0.4, -0.2) is 11.9 Å². The number of hydrogen-bond acceptors (Lipinski definition) is 3. The van der Waals surface area contributed by atoms with Crippen molar-refractivity contribution in [2.24, 2.45) is 0 Å². The Morgan fingerprint density at radius 2 is 1.79 bits per heavy atom. The number of benzene rings is 2. The molecule has 0 aromatic heterocycles. The number of ether oxygens (including phenoxy) is 2. The van der Waals surface area contributed by atoms with Crippen LogP contribution in [-0.2, 0) is 6.42 Å². The Balaban J connectivity index is 1.76. The first-order valence-electron chi connectivity index (χ1n) is 6.16. The number of aromatic hydroxyl groups is 1. The molecule has 1 heterocycles. The highest BCUT2D eigenvalue weighted by Gasteiger charge is 2.15. The van der Waals surface area contributed by atoms with E-state index in [1.165, 1.54) is 5.56 Å². The van der Waals surface area contributed by atoms with E-state index in [4.69, 9.17) is 9.47 Å². The van der Waals surface area contributed by atoms with Gasteiger partial charge in [0.15, 0.2) is 11.5 Å². The van der Waals surface area contributed by atoms with Gasteiger partial charge in [0.1, 0.15) is 5.75 Å². The molecule has 19 heavy (non-hydrogen) atoms. The normalized spacial score (nSPS) is 13.1. The molecule has 0 bridgehead atoms. The highest BCUT2D eigenvalue weighted by atomic mass is 16.7. The van der Waals surface area contributed by atoms with E-state index in [0.717, 1.165) is 12.0 Å². The fourth-order valence-corrected chi connectivity index (χ4v) is 2.02. The van der Waals surface area contributed by atoms with Crippen molar-refractivity contribution in [2.75, 3.05) is 6.79 Å². The van der Waals surface area contributed by atoms with Crippen LogP contribution in [0.2, 0.25) is 0 Å². The first kappa shape index (κ1) is 11.7. The van der Waals surface area contributed by atoms with Crippen LogP contribution in [0, 0.1) is 0 Å². The monoisotopic (exact) mass is 254 g/mol. The second-order valence-corrected chi connectivity index (χ2v) is 4.36. The topological polar surface area (TPSA) is 38.7 Å². The predicted octanol–water partition coefficient (Wildman–Crippen LogP) is 3.38. The molecule has 3 nitrogen and oxygen atoms in total. The lowest BCUT2D eigenvalue weighted by atomic mass is 10.1. The first-order valence-corrected chi connectivity index (χ1v) is 6.16. The van der Waals surface area contributed by atoms with E-state index >= 15 is 0 Å². The van der Waals surface area contributed by atoms with Crippen LogP contribution in [0.15, 0.2) is 48.5 Å². The van der Waals surface area contributed by atoms with Crippen molar-refractivity contribution in [1.82, 2.24) is 0 Å². The zero-order valence-corrected chi connectivity index (χ0v) is 10.4. The molecular formula is C16H14O3. The summed E-state index contributed by atoms with van der Waals surface area (Å²) in [4.78, 5) is 0. The van der Waals surface area contributed by atoms with E-state index in [1.54, 1.807) is 12.1 Å². The third-order valence-electron chi connectivity index (χ3n) is 3.02. The van der Waals surface area contributed by atoms with Gasteiger partial charge in [-0.1, -0.05) is 42.5 Å². The molecule has 0 amide bonds. The molecule has 0 saturated carbocycles. The van der Waals surface area contributed by atoms with Gasteiger partial charge in [-0.05, 0) is 18.1 Å². The van der Waals surface area contributed by atoms with E-state index < -0.39 is 0 Å². The zero-order valence-electron chi connectivity index (χ0n) is 10.4. The lowest BCUT2D eigenvalue weighted by Gasteiger charge is -2.02. The van der Waals surface area contributed by atoms with Crippen molar-refractivity contribution in [3.63, 3.8) is 0 Å². The summed E-state index contributed by atoms with van der Waals surface area (Å²) in [6.45, 7) is 0.214. The molecule has 0 radical (unpaired) electrons. The van der Waals surface area contributed by atoms with Crippen LogP contribution in [0.3, 0.4) is 0 Å². The summed E-state index contributed by atoms with van der Waals surface area (Å²) in [5.74, 6) is 1.48. The fourth-order valence-electron chi connectivity index (χ4n) is 2.02. The average molecular weight is 254 g/mol. The summed E-state index contributed by atoms with van der Waals surface area (Å²) in [6.07, 6.45) is 4.74. The molecule has 0 fully saturated rings. The average Bonchev–Trinajstić information content (AvgIpc) is 2.87. The maximum absolute atomic E-state index is 9.89. The van der Waals surface area contributed by atoms with Crippen LogP contribution in [0.1, 0.15) is 11.1 Å². The molecule has 2 aromatic rings. The van der Waals surface area contributed by atoms with Crippen LogP contribution in [0.25, 0.3) is 6.08 Å². The molecule has 1 aliphatic rings. The van der Waals surface area contributed by atoms with Gasteiger partial charge in [0.2, 0.25) is 6.79 Å². The number of allylic oxidation sites excluding steroid dienone is 1. The summed E-state index contributed by atoms with van der Waals surface area (Å²) >= 11 is 0. The van der Waals surface area contributed by atoms with Crippen molar-refractivity contribution in [3.05, 3.63) is 59.7 Å². The molecule has 0 aliphatic carbocycles. The zero-order chi connectivity index (χ0) is 13.1. The quantitative estimate of drug-likeness (QED) is 0.912. The minimum Gasteiger partial charge on any atom is -0.507 e. The van der Waals surface area contributed by atoms with Crippen LogP contribution >= 0.6 is 0 Å². The molecule has 0 saturated heterocycles. The largest absolute Gasteiger partial charge is 0.507 e. The van der Waals surface area contributed by atoms with Crippen LogP contribution in [0.5, 0.6) is 17.2 Å². The summed E-state index contributed by atoms with van der Waals surface area (Å²) in [7, 11) is 0. The molecule has 96 valence electrons. The van der Waals surface area contributed by atoms with Gasteiger partial charge in [-0.15, -0.1) is 0 Å². The highest BCUT2D eigenvalue weighted by Crippen LogP contribution is 2.38. The van der Waals surface area contributed by atoms with Gasteiger partial charge in [-0.2, -0.15) is 0 Å². The Morgan fingerprint density at radius 1 is 1.05 bits per heavy atom. The first-order chi connectivity index (χ1) is 9.33. The fraction of sp³-hybridized carbons (Fsp3) is 0.125. The summed E-state index contributed by atoms with van der Waals surface area (Å²) in [5.41, 5.74) is 1.97. The lowest BCUT2D eigenvalue weighted by Crippen LogP contribution is -1.92. The second kappa shape index (κ2) is 5.06. The van der Waals surface area contributed by atoms with Crippen LogP contribution < -0.4 is 9.47 Å². The maximum Gasteiger partial charge on any atom is 0.231 e. The smallest absolute Gasteiger partial charge is 0.231 e. The molecule has 1 aliphatic heterocycles. The van der Waals surface area contributed by atoms with E-state index in [2.05, 4.69) is 12.1 Å². The maximum atomic E-state index is 9.89. The van der Waals surface area contributed by atoms with Gasteiger partial charge in [0.05, 0.1) is 0 Å². The molecule has 0 unspecified atom stereocenters. The third kappa shape index (κ3) is 2.55. The van der Waals surface area contributed by atoms with Gasteiger partial charge < -0.3 is 14.6 Å². The summed E-state index contributed by atoms with van der Waals surface area (Å²) in [5, 5.41) is 9.89. The van der Waals surface area contributed by atoms with Gasteiger partial charge >= 0.3 is 0 Å². The second-order valence-electron chi connectivity index (χ2n) is 4.36. The van der Waals surface area contributed by atoms with Gasteiger partial charge in [0, 0.05) is 11.6 Å². The SMILES string of the molecule is Oc1cc2c(cc1C=CCc1ccccc1)OCO2. The molecular weight excluding hydrogens is 240 g/mol. The minimum absolute atomic E-state index is 0.202. The van der Waals surface area contributed by atoms with Gasteiger partial charge in [0.25, 0.3) is 0 Å². The molecule has 3 rings (SSSR count). The predicted molar refractivity (Wildman–Crippen MR) is 73.4 cm³/mol. The summed E-state index contributed by atoms with van der Waals surface area (Å²) < 4.78 is 10.5. The summed E-state index contributed by atoms with van der Waals surface area (Å²) in [6, 6.07) is 13.6. The number of phenolic OH excluding ortho intramolecular Hbond substituents is 1. The number of fused-ring (bicyclic) bond motifs is 1. The highest BCUT2D eigenvalue weighted by molar-refractivity contribution is 5.63. The van der Waals surface area contributed by atoms with Crippen molar-refractivity contribution >= 4 is 6.08 Å². The lowest BCUT2D eigenvalue weighted by molar-refractivity contribution is 0.174. The Morgan fingerprint density at radius 3 is 2.58 bits per heavy atom. The van der Waals surface area contributed by atoms with Crippen molar-refractivity contribution in [3.8, 4) is 17.2 Å². The molecule has 0 spiro atoms. The minimum atomic E-state index is 0.202. The van der Waals surface area contributed by atoms with Crippen molar-refractivity contribution in [1.29, 1.82) is 0 Å². The Bertz CT molecular complexity index is 603. The number of rotatable bonds is 3. The number of hydrogen-bond donors (Lipinski definition) is 1. The standard InChI is InChI=1S/C16H14O3/c17-14-10-16-15(18-11-19-16)9-13(14)8-4-7-12-5-2-1-3-6-12/h1-6,8-10,17H,7,11H2. The third-order valence-corrected chi connectivity index (χ3v) is 3.02.